The van der Waals surface area contributed by atoms with Gasteiger partial charge in [-0.1, -0.05) is 15.9 Å². The number of halogens is 3. The van der Waals surface area contributed by atoms with Crippen molar-refractivity contribution in [2.24, 2.45) is 0 Å². The van der Waals surface area contributed by atoms with Crippen molar-refractivity contribution >= 4 is 54.1 Å². The highest BCUT2D eigenvalue weighted by Crippen LogP contribution is 2.37. The Labute approximate surface area is 148 Å². The van der Waals surface area contributed by atoms with Crippen LogP contribution in [0.25, 0.3) is 0 Å². The number of methoxy groups -OCH3 is 1. The lowest BCUT2D eigenvalue weighted by Gasteiger charge is -2.13. The van der Waals surface area contributed by atoms with Crippen molar-refractivity contribution in [3.63, 3.8) is 0 Å². The molecule has 110 valence electrons. The molecule has 0 saturated carbocycles. The van der Waals surface area contributed by atoms with Crippen LogP contribution in [0.3, 0.4) is 0 Å². The molecule has 21 heavy (non-hydrogen) atoms. The van der Waals surface area contributed by atoms with Crippen LogP contribution in [0.4, 0.5) is 0 Å². The molecular weight excluding hydrogens is 468 g/mol. The number of hydrogen-bond donors (Lipinski definition) is 0. The quantitative estimate of drug-likeness (QED) is 0.542. The Balaban J connectivity index is 2.26. The van der Waals surface area contributed by atoms with Crippen molar-refractivity contribution in [1.29, 1.82) is 0 Å². The van der Waals surface area contributed by atoms with E-state index in [9.17, 15) is 4.79 Å². The summed E-state index contributed by atoms with van der Waals surface area (Å²) in [6.07, 6.45) is 0.800. The summed E-state index contributed by atoms with van der Waals surface area (Å²) in [5, 5.41) is 0. The van der Waals surface area contributed by atoms with Gasteiger partial charge in [0, 0.05) is 15.6 Å². The second kappa shape index (κ2) is 7.42. The molecule has 0 amide bonds. The fraction of sp³-hybridized carbons (Fsp3) is 0.133. The van der Waals surface area contributed by atoms with Gasteiger partial charge in [-0.15, -0.1) is 0 Å². The van der Waals surface area contributed by atoms with E-state index >= 15 is 0 Å². The molecule has 3 nitrogen and oxygen atoms in total. The van der Waals surface area contributed by atoms with Gasteiger partial charge in [-0.25, -0.2) is 0 Å². The highest BCUT2D eigenvalue weighted by molar-refractivity contribution is 9.11. The van der Waals surface area contributed by atoms with Crippen LogP contribution in [0.2, 0.25) is 0 Å². The molecule has 0 aliphatic carbocycles. The van der Waals surface area contributed by atoms with Crippen LogP contribution >= 0.6 is 47.8 Å². The highest BCUT2D eigenvalue weighted by Gasteiger charge is 2.11. The number of carbonyl (C=O) groups excluding carboxylic acids is 1. The van der Waals surface area contributed by atoms with Crippen molar-refractivity contribution in [1.82, 2.24) is 0 Å². The van der Waals surface area contributed by atoms with Gasteiger partial charge in [-0.05, 0) is 62.2 Å². The summed E-state index contributed by atoms with van der Waals surface area (Å²) in [5.74, 6) is 1.38. The van der Waals surface area contributed by atoms with Crippen molar-refractivity contribution < 1.29 is 14.3 Å². The summed E-state index contributed by atoms with van der Waals surface area (Å²) in [5.41, 5.74) is 1.40. The van der Waals surface area contributed by atoms with Crippen molar-refractivity contribution in [2.45, 2.75) is 6.61 Å². The summed E-state index contributed by atoms with van der Waals surface area (Å²) in [4.78, 5) is 10.9. The van der Waals surface area contributed by atoms with Crippen molar-refractivity contribution in [2.75, 3.05) is 7.11 Å². The van der Waals surface area contributed by atoms with Crippen LogP contribution < -0.4 is 9.47 Å². The maximum absolute atomic E-state index is 10.9. The van der Waals surface area contributed by atoms with Crippen molar-refractivity contribution in [3.8, 4) is 11.5 Å². The van der Waals surface area contributed by atoms with Gasteiger partial charge in [0.15, 0.2) is 0 Å². The van der Waals surface area contributed by atoms with E-state index in [4.69, 9.17) is 9.47 Å². The summed E-state index contributed by atoms with van der Waals surface area (Å²) < 4.78 is 13.7. The Morgan fingerprint density at radius 3 is 2.33 bits per heavy atom. The number of aldehydes is 1. The summed E-state index contributed by atoms with van der Waals surface area (Å²) in [6.45, 7) is 0.295. The van der Waals surface area contributed by atoms with Crippen LogP contribution in [-0.4, -0.2) is 13.4 Å². The zero-order valence-corrected chi connectivity index (χ0v) is 15.8. The first-order chi connectivity index (χ1) is 10.0. The smallest absolute Gasteiger partial charge is 0.150 e. The van der Waals surface area contributed by atoms with E-state index in [-0.39, 0.29) is 0 Å². The number of benzene rings is 2. The number of carbonyl (C=O) groups is 1. The normalized spacial score (nSPS) is 10.3. The topological polar surface area (TPSA) is 35.5 Å². The van der Waals surface area contributed by atoms with E-state index in [1.54, 1.807) is 25.3 Å². The van der Waals surface area contributed by atoms with E-state index in [1.807, 2.05) is 12.1 Å². The standard InChI is InChI=1S/C15H11Br3O3/c1-20-14-3-2-9(7-19)4-10(14)8-21-15-12(17)5-11(16)6-13(15)18/h2-7H,8H2,1H3. The third kappa shape index (κ3) is 4.08. The molecule has 0 N–H and O–H groups in total. The van der Waals surface area contributed by atoms with Gasteiger partial charge < -0.3 is 9.47 Å². The SMILES string of the molecule is COc1ccc(C=O)cc1COc1c(Br)cc(Br)cc1Br. The monoisotopic (exact) mass is 476 g/mol. The fourth-order valence-electron chi connectivity index (χ4n) is 1.80. The van der Waals surface area contributed by atoms with Gasteiger partial charge in [0.25, 0.3) is 0 Å². The molecule has 0 saturated heterocycles. The maximum atomic E-state index is 10.9. The lowest BCUT2D eigenvalue weighted by molar-refractivity contribution is 0.112. The maximum Gasteiger partial charge on any atom is 0.150 e. The molecule has 0 atom stereocenters. The minimum Gasteiger partial charge on any atom is -0.496 e. The van der Waals surface area contributed by atoms with Gasteiger partial charge in [0.05, 0.1) is 16.1 Å². The first-order valence-electron chi connectivity index (χ1n) is 5.94. The largest absolute Gasteiger partial charge is 0.496 e. The van der Waals surface area contributed by atoms with Crippen LogP contribution in [0.15, 0.2) is 43.7 Å². The van der Waals surface area contributed by atoms with Crippen LogP contribution in [0.5, 0.6) is 11.5 Å². The average Bonchev–Trinajstić information content (AvgIpc) is 2.45. The Morgan fingerprint density at radius 1 is 1.10 bits per heavy atom. The van der Waals surface area contributed by atoms with Crippen LogP contribution in [-0.2, 0) is 6.61 Å². The second-order valence-corrected chi connectivity index (χ2v) is 6.80. The second-order valence-electron chi connectivity index (χ2n) is 4.18. The van der Waals surface area contributed by atoms with Crippen molar-refractivity contribution in [3.05, 3.63) is 54.9 Å². The summed E-state index contributed by atoms with van der Waals surface area (Å²) in [6, 6.07) is 9.03. The van der Waals surface area contributed by atoms with Gasteiger partial charge in [0.2, 0.25) is 0 Å². The predicted molar refractivity (Wildman–Crippen MR) is 92.3 cm³/mol. The molecule has 0 spiro atoms. The van der Waals surface area contributed by atoms with Gasteiger partial charge >= 0.3 is 0 Å². The van der Waals surface area contributed by atoms with Crippen LogP contribution in [0.1, 0.15) is 15.9 Å². The first-order valence-corrected chi connectivity index (χ1v) is 8.32. The van der Waals surface area contributed by atoms with E-state index in [0.29, 0.717) is 23.7 Å². The molecule has 0 aliphatic rings. The lowest BCUT2D eigenvalue weighted by atomic mass is 10.1. The third-order valence-electron chi connectivity index (χ3n) is 2.78. The highest BCUT2D eigenvalue weighted by atomic mass is 79.9. The Morgan fingerprint density at radius 2 is 1.76 bits per heavy atom. The number of rotatable bonds is 5. The number of ether oxygens (including phenoxy) is 2. The molecule has 0 unspecified atom stereocenters. The molecular formula is C15H11Br3O3. The lowest BCUT2D eigenvalue weighted by Crippen LogP contribution is -2.01. The molecule has 0 aromatic heterocycles. The molecule has 2 rings (SSSR count). The minimum absolute atomic E-state index is 0.295. The van der Waals surface area contributed by atoms with Gasteiger partial charge in [-0.2, -0.15) is 0 Å². The Kier molecular flexibility index (Phi) is 5.84. The first kappa shape index (κ1) is 16.5. The number of hydrogen-bond acceptors (Lipinski definition) is 3. The summed E-state index contributed by atoms with van der Waals surface area (Å²) >= 11 is 10.3. The molecule has 0 fully saturated rings. The fourth-order valence-corrected chi connectivity index (χ4v) is 4.29. The third-order valence-corrected chi connectivity index (χ3v) is 4.41. The average molecular weight is 479 g/mol. The zero-order chi connectivity index (χ0) is 15.4. The molecule has 6 heteroatoms. The molecule has 2 aromatic carbocycles. The minimum atomic E-state index is 0.295. The molecule has 2 aromatic rings. The Bertz CT molecular complexity index is 648. The van der Waals surface area contributed by atoms with Crippen LogP contribution in [0, 0.1) is 0 Å². The van der Waals surface area contributed by atoms with Gasteiger partial charge in [0.1, 0.15) is 24.4 Å². The predicted octanol–water partition coefficient (Wildman–Crippen LogP) is 5.37. The summed E-state index contributed by atoms with van der Waals surface area (Å²) in [7, 11) is 1.59. The zero-order valence-electron chi connectivity index (χ0n) is 11.0. The van der Waals surface area contributed by atoms with E-state index in [0.717, 1.165) is 25.3 Å². The van der Waals surface area contributed by atoms with Gasteiger partial charge in [-0.3, -0.25) is 4.79 Å². The molecule has 0 radical (unpaired) electrons. The molecule has 0 heterocycles. The molecule has 0 bridgehead atoms. The molecule has 0 aliphatic heterocycles. The van der Waals surface area contributed by atoms with E-state index in [1.165, 1.54) is 0 Å². The Hall–Kier alpha value is -0.850. The van der Waals surface area contributed by atoms with E-state index < -0.39 is 0 Å². The van der Waals surface area contributed by atoms with E-state index in [2.05, 4.69) is 47.8 Å².